The van der Waals surface area contributed by atoms with Gasteiger partial charge < -0.3 is 10.6 Å². The van der Waals surface area contributed by atoms with Crippen LogP contribution in [0.1, 0.15) is 13.3 Å². The van der Waals surface area contributed by atoms with E-state index in [4.69, 9.17) is 0 Å². The fourth-order valence-electron chi connectivity index (χ4n) is 1.63. The molecule has 0 unspecified atom stereocenters. The second kappa shape index (κ2) is 7.79. The molecule has 0 atom stereocenters. The molecule has 0 heterocycles. The summed E-state index contributed by atoms with van der Waals surface area (Å²) in [5.74, 6) is 0. The maximum Gasteiger partial charge on any atom is 0.273 e. The Morgan fingerprint density at radius 3 is 2.14 bits per heavy atom. The van der Waals surface area contributed by atoms with Crippen molar-refractivity contribution in [2.24, 2.45) is 0 Å². The largest absolute Gasteiger partial charge is 0.385 e. The number of hydrogen-bond acceptors (Lipinski definition) is 6. The van der Waals surface area contributed by atoms with Gasteiger partial charge in [-0.25, -0.2) is 13.1 Å². The molecule has 1 rings (SSSR count). The predicted octanol–water partition coefficient (Wildman–Crippen LogP) is 1.38. The number of benzene rings is 1. The average molecular weight is 316 g/mol. The van der Waals surface area contributed by atoms with Crippen LogP contribution >= 0.6 is 0 Å². The molecule has 0 aliphatic heterocycles. The van der Waals surface area contributed by atoms with E-state index in [2.05, 4.69) is 15.4 Å². The topological polar surface area (TPSA) is 113 Å². The van der Waals surface area contributed by atoms with Crippen molar-refractivity contribution in [3.63, 3.8) is 0 Å². The minimum atomic E-state index is -3.23. The van der Waals surface area contributed by atoms with Crippen molar-refractivity contribution < 1.29 is 13.3 Å². The Labute approximate surface area is 124 Å². The number of anilines is 2. The summed E-state index contributed by atoms with van der Waals surface area (Å²) in [7, 11) is -3.23. The van der Waals surface area contributed by atoms with Crippen LogP contribution in [0.3, 0.4) is 0 Å². The lowest BCUT2D eigenvalue weighted by Gasteiger charge is -2.10. The predicted molar refractivity (Wildman–Crippen MR) is 83.2 cm³/mol. The first-order valence-corrected chi connectivity index (χ1v) is 8.43. The zero-order valence-corrected chi connectivity index (χ0v) is 12.9. The number of non-ortho nitro benzene ring substituents is 1. The molecule has 1 aromatic rings. The van der Waals surface area contributed by atoms with Crippen LogP contribution in [-0.4, -0.2) is 39.2 Å². The van der Waals surface area contributed by atoms with Crippen molar-refractivity contribution in [3.05, 3.63) is 28.3 Å². The fourth-order valence-corrected chi connectivity index (χ4v) is 2.11. The molecule has 0 radical (unpaired) electrons. The molecule has 0 amide bonds. The Bertz CT molecular complexity index is 589. The molecule has 0 saturated carbocycles. The first kappa shape index (κ1) is 17.2. The van der Waals surface area contributed by atoms with Gasteiger partial charge >= 0.3 is 0 Å². The van der Waals surface area contributed by atoms with E-state index in [1.165, 1.54) is 12.1 Å². The highest BCUT2D eigenvalue weighted by molar-refractivity contribution is 7.88. The molecule has 0 fully saturated rings. The lowest BCUT2D eigenvalue weighted by molar-refractivity contribution is -0.384. The van der Waals surface area contributed by atoms with Gasteiger partial charge in [-0.1, -0.05) is 6.92 Å². The monoisotopic (exact) mass is 316 g/mol. The third-order valence-corrected chi connectivity index (χ3v) is 3.25. The van der Waals surface area contributed by atoms with Crippen LogP contribution in [0.4, 0.5) is 17.1 Å². The van der Waals surface area contributed by atoms with Crippen LogP contribution in [0, 0.1) is 10.1 Å². The Morgan fingerprint density at radius 2 is 1.67 bits per heavy atom. The molecule has 21 heavy (non-hydrogen) atoms. The summed E-state index contributed by atoms with van der Waals surface area (Å²) in [6.45, 7) is 3.26. The van der Waals surface area contributed by atoms with Gasteiger partial charge in [0, 0.05) is 43.1 Å². The standard InChI is InChI=1S/C12H20N4O4S/c1-3-4-13-10-7-11(9-12(8-10)16(17)18)14-5-6-15-21(2,19)20/h7-9,13-15H,3-6H2,1-2H3. The van der Waals surface area contributed by atoms with Crippen LogP contribution < -0.4 is 15.4 Å². The highest BCUT2D eigenvalue weighted by Crippen LogP contribution is 2.24. The molecule has 0 spiro atoms. The maximum absolute atomic E-state index is 10.9. The molecule has 0 saturated heterocycles. The molecule has 0 aromatic heterocycles. The van der Waals surface area contributed by atoms with Gasteiger partial charge in [0.1, 0.15) is 0 Å². The van der Waals surface area contributed by atoms with E-state index < -0.39 is 14.9 Å². The molecule has 118 valence electrons. The molecule has 9 heteroatoms. The van der Waals surface area contributed by atoms with Crippen LogP contribution in [0.25, 0.3) is 0 Å². The van der Waals surface area contributed by atoms with Crippen molar-refractivity contribution in [2.45, 2.75) is 13.3 Å². The number of nitrogens with one attached hydrogen (secondary N) is 3. The van der Waals surface area contributed by atoms with Crippen molar-refractivity contribution in [1.82, 2.24) is 4.72 Å². The van der Waals surface area contributed by atoms with Crippen molar-refractivity contribution in [3.8, 4) is 0 Å². The van der Waals surface area contributed by atoms with Gasteiger partial charge in [-0.2, -0.15) is 0 Å². The zero-order valence-electron chi connectivity index (χ0n) is 12.0. The Kier molecular flexibility index (Phi) is 6.38. The Morgan fingerprint density at radius 1 is 1.10 bits per heavy atom. The van der Waals surface area contributed by atoms with Gasteiger partial charge in [-0.05, 0) is 12.5 Å². The summed E-state index contributed by atoms with van der Waals surface area (Å²) < 4.78 is 24.2. The lowest BCUT2D eigenvalue weighted by Crippen LogP contribution is -2.27. The Balaban J connectivity index is 2.71. The Hall–Kier alpha value is -1.87. The molecule has 1 aromatic carbocycles. The van der Waals surface area contributed by atoms with Crippen LogP contribution in [-0.2, 0) is 10.0 Å². The SMILES string of the molecule is CCCNc1cc(NCCNS(C)(=O)=O)cc([N+](=O)[O-])c1. The summed E-state index contributed by atoms with van der Waals surface area (Å²) in [6, 6.07) is 4.64. The van der Waals surface area contributed by atoms with Gasteiger partial charge in [0.2, 0.25) is 10.0 Å². The van der Waals surface area contributed by atoms with Gasteiger partial charge in [0.05, 0.1) is 11.2 Å². The second-order valence-electron chi connectivity index (χ2n) is 4.55. The third-order valence-electron chi connectivity index (χ3n) is 2.53. The van der Waals surface area contributed by atoms with Gasteiger partial charge in [-0.3, -0.25) is 10.1 Å². The summed E-state index contributed by atoms with van der Waals surface area (Å²) in [4.78, 5) is 10.4. The zero-order chi connectivity index (χ0) is 15.9. The minimum Gasteiger partial charge on any atom is -0.385 e. The van der Waals surface area contributed by atoms with Gasteiger partial charge in [0.25, 0.3) is 5.69 Å². The number of nitro groups is 1. The molecular formula is C12H20N4O4S. The smallest absolute Gasteiger partial charge is 0.273 e. The van der Waals surface area contributed by atoms with Crippen LogP contribution in [0.15, 0.2) is 18.2 Å². The van der Waals surface area contributed by atoms with E-state index in [1.54, 1.807) is 6.07 Å². The van der Waals surface area contributed by atoms with Crippen LogP contribution in [0.5, 0.6) is 0 Å². The number of nitro benzene ring substituents is 1. The van der Waals surface area contributed by atoms with Crippen LogP contribution in [0.2, 0.25) is 0 Å². The normalized spacial score (nSPS) is 11.1. The molecule has 0 aliphatic rings. The van der Waals surface area contributed by atoms with E-state index in [9.17, 15) is 18.5 Å². The maximum atomic E-state index is 10.9. The number of nitrogens with zero attached hydrogens (tertiary/aromatic N) is 1. The first-order chi connectivity index (χ1) is 9.81. The van der Waals surface area contributed by atoms with Crippen molar-refractivity contribution >= 4 is 27.1 Å². The summed E-state index contributed by atoms with van der Waals surface area (Å²) >= 11 is 0. The van der Waals surface area contributed by atoms with Gasteiger partial charge in [-0.15, -0.1) is 0 Å². The van der Waals surface area contributed by atoms with Crippen molar-refractivity contribution in [2.75, 3.05) is 36.5 Å². The highest BCUT2D eigenvalue weighted by Gasteiger charge is 2.09. The minimum absolute atomic E-state index is 0.0188. The summed E-state index contributed by atoms with van der Waals surface area (Å²) in [5.41, 5.74) is 1.21. The van der Waals surface area contributed by atoms with E-state index in [1.807, 2.05) is 6.92 Å². The molecule has 0 aliphatic carbocycles. The van der Waals surface area contributed by atoms with E-state index in [0.29, 0.717) is 17.9 Å². The number of hydrogen-bond donors (Lipinski definition) is 3. The van der Waals surface area contributed by atoms with E-state index in [0.717, 1.165) is 19.2 Å². The average Bonchev–Trinajstić information content (AvgIpc) is 2.40. The first-order valence-electron chi connectivity index (χ1n) is 6.53. The van der Waals surface area contributed by atoms with E-state index in [-0.39, 0.29) is 12.2 Å². The van der Waals surface area contributed by atoms with Crippen molar-refractivity contribution in [1.29, 1.82) is 0 Å². The van der Waals surface area contributed by atoms with E-state index >= 15 is 0 Å². The quantitative estimate of drug-likeness (QED) is 0.360. The molecule has 3 N–H and O–H groups in total. The molecular weight excluding hydrogens is 296 g/mol. The second-order valence-corrected chi connectivity index (χ2v) is 6.38. The third kappa shape index (κ3) is 6.91. The highest BCUT2D eigenvalue weighted by atomic mass is 32.2. The van der Waals surface area contributed by atoms with Gasteiger partial charge in [0.15, 0.2) is 0 Å². The molecule has 8 nitrogen and oxygen atoms in total. The summed E-state index contributed by atoms with van der Waals surface area (Å²) in [5, 5.41) is 16.9. The fraction of sp³-hybridized carbons (Fsp3) is 0.500. The summed E-state index contributed by atoms with van der Waals surface area (Å²) in [6.07, 6.45) is 1.98. The molecule has 0 bridgehead atoms. The number of sulfonamides is 1. The lowest BCUT2D eigenvalue weighted by atomic mass is 10.2. The number of rotatable bonds is 9.